The minimum atomic E-state index is -3.79. The van der Waals surface area contributed by atoms with Gasteiger partial charge in [-0.2, -0.15) is 0 Å². The Hall–Kier alpha value is -2.25. The largest absolute Gasteiger partial charge is 0.495 e. The third kappa shape index (κ3) is 4.36. The van der Waals surface area contributed by atoms with Crippen LogP contribution in [0.5, 0.6) is 5.75 Å². The second kappa shape index (κ2) is 8.63. The zero-order valence-corrected chi connectivity index (χ0v) is 18.3. The number of carbonyl (C=O) groups is 1. The van der Waals surface area contributed by atoms with Crippen LogP contribution < -0.4 is 13.9 Å². The highest BCUT2D eigenvalue weighted by atomic mass is 35.5. The maximum absolute atomic E-state index is 13.6. The molecule has 0 aromatic heterocycles. The Bertz CT molecular complexity index is 1010. The summed E-state index contributed by atoms with van der Waals surface area (Å²) in [4.78, 5) is 15.3. The molecule has 6 nitrogen and oxygen atoms in total. The number of nitrogens with zero attached hydrogens (tertiary/aromatic N) is 2. The Morgan fingerprint density at radius 3 is 2.66 bits per heavy atom. The number of methoxy groups -OCH3 is 1. The number of aryl methyl sites for hydroxylation is 1. The minimum Gasteiger partial charge on any atom is -0.495 e. The molecule has 0 spiro atoms. The summed E-state index contributed by atoms with van der Waals surface area (Å²) in [7, 11) is -2.34. The number of rotatable bonds is 6. The minimum absolute atomic E-state index is 0.257. The summed E-state index contributed by atoms with van der Waals surface area (Å²) in [5, 5.41) is 0.361. The fourth-order valence-corrected chi connectivity index (χ4v) is 5.16. The third-order valence-corrected chi connectivity index (χ3v) is 6.47. The number of amides is 1. The first-order chi connectivity index (χ1) is 13.8. The van der Waals surface area contributed by atoms with E-state index < -0.39 is 16.1 Å². The lowest BCUT2D eigenvalue weighted by atomic mass is 10.0. The van der Waals surface area contributed by atoms with Gasteiger partial charge in [0.1, 0.15) is 11.8 Å². The van der Waals surface area contributed by atoms with Crippen LogP contribution in [0.4, 0.5) is 11.4 Å². The van der Waals surface area contributed by atoms with Gasteiger partial charge in [0.25, 0.3) is 5.91 Å². The van der Waals surface area contributed by atoms with Gasteiger partial charge in [-0.3, -0.25) is 9.10 Å². The molecular weight excluding hydrogens is 412 g/mol. The van der Waals surface area contributed by atoms with E-state index in [2.05, 4.69) is 0 Å². The van der Waals surface area contributed by atoms with E-state index in [-0.39, 0.29) is 11.6 Å². The average molecular weight is 437 g/mol. The van der Waals surface area contributed by atoms with Gasteiger partial charge in [-0.05, 0) is 49.1 Å². The zero-order valence-electron chi connectivity index (χ0n) is 16.8. The summed E-state index contributed by atoms with van der Waals surface area (Å²) in [5.41, 5.74) is 2.19. The predicted molar refractivity (Wildman–Crippen MR) is 117 cm³/mol. The van der Waals surface area contributed by atoms with E-state index in [4.69, 9.17) is 16.3 Å². The Kier molecular flexibility index (Phi) is 6.39. The molecule has 29 heavy (non-hydrogen) atoms. The van der Waals surface area contributed by atoms with Crippen molar-refractivity contribution < 1.29 is 17.9 Å². The van der Waals surface area contributed by atoms with Crippen molar-refractivity contribution in [1.82, 2.24) is 0 Å². The van der Waals surface area contributed by atoms with Crippen LogP contribution in [0.3, 0.4) is 0 Å². The van der Waals surface area contributed by atoms with Gasteiger partial charge in [-0.1, -0.05) is 36.7 Å². The second-order valence-corrected chi connectivity index (χ2v) is 9.32. The number of anilines is 2. The molecule has 0 fully saturated rings. The van der Waals surface area contributed by atoms with Crippen LogP contribution in [0, 0.1) is 0 Å². The van der Waals surface area contributed by atoms with Gasteiger partial charge in [-0.25, -0.2) is 8.42 Å². The van der Waals surface area contributed by atoms with Crippen molar-refractivity contribution in [1.29, 1.82) is 0 Å². The van der Waals surface area contributed by atoms with Crippen molar-refractivity contribution >= 4 is 38.9 Å². The summed E-state index contributed by atoms with van der Waals surface area (Å²) in [6, 6.07) is 11.6. The van der Waals surface area contributed by atoms with E-state index in [1.165, 1.54) is 13.2 Å². The molecule has 1 heterocycles. The van der Waals surface area contributed by atoms with Gasteiger partial charge in [0.2, 0.25) is 10.0 Å². The Morgan fingerprint density at radius 2 is 2.00 bits per heavy atom. The van der Waals surface area contributed by atoms with Gasteiger partial charge in [-0.15, -0.1) is 0 Å². The van der Waals surface area contributed by atoms with Crippen LogP contribution in [0.25, 0.3) is 0 Å². The molecule has 0 radical (unpaired) electrons. The van der Waals surface area contributed by atoms with Crippen molar-refractivity contribution in [2.24, 2.45) is 0 Å². The highest BCUT2D eigenvalue weighted by Crippen LogP contribution is 2.36. The number of hydrogen-bond acceptors (Lipinski definition) is 4. The van der Waals surface area contributed by atoms with E-state index in [0.717, 1.165) is 34.7 Å². The van der Waals surface area contributed by atoms with Crippen molar-refractivity contribution in [3.63, 3.8) is 0 Å². The molecule has 156 valence electrons. The number of carbonyl (C=O) groups excluding carboxylic acids is 1. The van der Waals surface area contributed by atoms with Crippen molar-refractivity contribution in [2.75, 3.05) is 29.1 Å². The lowest BCUT2D eigenvalue weighted by Crippen LogP contribution is -2.52. The van der Waals surface area contributed by atoms with Crippen molar-refractivity contribution in [3.05, 3.63) is 53.1 Å². The molecule has 0 saturated heterocycles. The maximum Gasteiger partial charge on any atom is 0.250 e. The van der Waals surface area contributed by atoms with Crippen molar-refractivity contribution in [2.45, 2.75) is 32.2 Å². The fourth-order valence-electron chi connectivity index (χ4n) is 3.80. The van der Waals surface area contributed by atoms with Gasteiger partial charge in [0.05, 0.1) is 19.1 Å². The van der Waals surface area contributed by atoms with Gasteiger partial charge >= 0.3 is 0 Å². The second-order valence-electron chi connectivity index (χ2n) is 7.02. The Balaban J connectivity index is 2.09. The molecule has 0 saturated carbocycles. The van der Waals surface area contributed by atoms with Gasteiger partial charge < -0.3 is 9.64 Å². The highest BCUT2D eigenvalue weighted by molar-refractivity contribution is 7.92. The molecule has 1 aliphatic heterocycles. The smallest absolute Gasteiger partial charge is 0.250 e. The first-order valence-electron chi connectivity index (χ1n) is 9.50. The molecule has 1 unspecified atom stereocenters. The van der Waals surface area contributed by atoms with Crippen molar-refractivity contribution in [3.8, 4) is 5.75 Å². The highest BCUT2D eigenvalue weighted by Gasteiger charge is 2.37. The quantitative estimate of drug-likeness (QED) is 0.689. The van der Waals surface area contributed by atoms with Crippen LogP contribution in [0.1, 0.15) is 25.3 Å². The van der Waals surface area contributed by atoms with Gasteiger partial charge in [0.15, 0.2) is 0 Å². The Labute approximate surface area is 177 Å². The number of para-hydroxylation sites is 1. The summed E-state index contributed by atoms with van der Waals surface area (Å²) in [6.07, 6.45) is 3.13. The fraction of sp³-hybridized carbons (Fsp3) is 0.381. The monoisotopic (exact) mass is 436 g/mol. The standard InChI is InChI=1S/C21H25ClN2O4S/c1-4-17(21(25)23-13-7-9-15-8-5-6-10-18(15)23)24(29(3,26)27)19-14-16(22)11-12-20(19)28-2/h5-6,8,10-12,14,17H,4,7,9,13H2,1-3H3. The first-order valence-corrected chi connectivity index (χ1v) is 11.7. The zero-order chi connectivity index (χ0) is 21.2. The summed E-state index contributed by atoms with van der Waals surface area (Å²) in [5.74, 6) is 0.0808. The number of benzene rings is 2. The normalized spacial score (nSPS) is 14.8. The summed E-state index contributed by atoms with van der Waals surface area (Å²) < 4.78 is 32.1. The number of sulfonamides is 1. The van der Waals surface area contributed by atoms with E-state index in [1.54, 1.807) is 24.0 Å². The number of fused-ring (bicyclic) bond motifs is 1. The molecule has 0 aliphatic carbocycles. The maximum atomic E-state index is 13.6. The van der Waals surface area contributed by atoms with Crippen LogP contribution >= 0.6 is 11.6 Å². The van der Waals surface area contributed by atoms with Crippen LogP contribution in [-0.4, -0.2) is 40.3 Å². The Morgan fingerprint density at radius 1 is 1.28 bits per heavy atom. The molecule has 0 N–H and O–H groups in total. The van der Waals surface area contributed by atoms with E-state index >= 15 is 0 Å². The molecule has 1 aliphatic rings. The average Bonchev–Trinajstić information content (AvgIpc) is 2.70. The van der Waals surface area contributed by atoms with E-state index in [0.29, 0.717) is 23.7 Å². The molecule has 2 aromatic carbocycles. The van der Waals surface area contributed by atoms with E-state index in [1.807, 2.05) is 24.3 Å². The number of ether oxygens (including phenoxy) is 1. The molecule has 3 rings (SSSR count). The lowest BCUT2D eigenvalue weighted by molar-refractivity contribution is -0.119. The van der Waals surface area contributed by atoms with Crippen LogP contribution in [0.2, 0.25) is 5.02 Å². The predicted octanol–water partition coefficient (Wildman–Crippen LogP) is 3.87. The number of hydrogen-bond donors (Lipinski definition) is 0. The molecule has 1 atom stereocenters. The topological polar surface area (TPSA) is 66.9 Å². The van der Waals surface area contributed by atoms with Crippen LogP contribution in [-0.2, 0) is 21.2 Å². The van der Waals surface area contributed by atoms with Gasteiger partial charge in [0, 0.05) is 17.3 Å². The first kappa shape index (κ1) is 21.5. The molecule has 1 amide bonds. The third-order valence-electron chi connectivity index (χ3n) is 5.07. The number of halogens is 1. The summed E-state index contributed by atoms with van der Waals surface area (Å²) >= 11 is 6.14. The molecular formula is C21H25ClN2O4S. The van der Waals surface area contributed by atoms with E-state index in [9.17, 15) is 13.2 Å². The summed E-state index contributed by atoms with van der Waals surface area (Å²) in [6.45, 7) is 2.35. The molecule has 2 aromatic rings. The lowest BCUT2D eigenvalue weighted by Gasteiger charge is -2.37. The molecule has 0 bridgehead atoms. The molecule has 8 heteroatoms. The SMILES string of the molecule is CCC(C(=O)N1CCCc2ccccc21)N(c1cc(Cl)ccc1OC)S(C)(=O)=O. The van der Waals surface area contributed by atoms with Crippen LogP contribution in [0.15, 0.2) is 42.5 Å².